The highest BCUT2D eigenvalue weighted by Gasteiger charge is 2.32. The Bertz CT molecular complexity index is 242. The molecule has 0 amide bonds. The van der Waals surface area contributed by atoms with Gasteiger partial charge < -0.3 is 9.84 Å². The van der Waals surface area contributed by atoms with Gasteiger partial charge in [-0.25, -0.2) is 0 Å². The van der Waals surface area contributed by atoms with E-state index in [4.69, 9.17) is 4.74 Å². The lowest BCUT2D eigenvalue weighted by atomic mass is 9.81. The Morgan fingerprint density at radius 2 is 1.78 bits per heavy atom. The molecule has 0 spiro atoms. The highest BCUT2D eigenvalue weighted by Crippen LogP contribution is 2.30. The van der Waals surface area contributed by atoms with Gasteiger partial charge in [-0.1, -0.05) is 33.6 Å². The molecule has 1 unspecified atom stereocenters. The molecular formula is C15H30O3. The predicted octanol–water partition coefficient (Wildman–Crippen LogP) is 3.54. The molecule has 0 rings (SSSR count). The second kappa shape index (κ2) is 7.78. The first-order chi connectivity index (χ1) is 8.37. The number of carbonyl (C=O) groups is 1. The van der Waals surface area contributed by atoms with Crippen LogP contribution in [0.2, 0.25) is 0 Å². The number of aliphatic hydroxyl groups excluding tert-OH is 1. The molecule has 0 aliphatic rings. The summed E-state index contributed by atoms with van der Waals surface area (Å²) in [6.07, 6.45) is 4.66. The Hall–Kier alpha value is -0.570. The summed E-state index contributed by atoms with van der Waals surface area (Å²) < 4.78 is 5.44. The Morgan fingerprint density at radius 1 is 1.17 bits per heavy atom. The molecule has 3 heteroatoms. The smallest absolute Gasteiger partial charge is 0.311 e. The van der Waals surface area contributed by atoms with Crippen LogP contribution in [0.15, 0.2) is 0 Å². The summed E-state index contributed by atoms with van der Waals surface area (Å²) in [7, 11) is 0. The molecular weight excluding hydrogens is 228 g/mol. The third kappa shape index (κ3) is 4.97. The number of aliphatic hydroxyl groups is 1. The van der Waals surface area contributed by atoms with Crippen LogP contribution in [-0.2, 0) is 9.53 Å². The van der Waals surface area contributed by atoms with Crippen molar-refractivity contribution in [3.8, 4) is 0 Å². The normalized spacial score (nSPS) is 15.2. The molecule has 0 aromatic rings. The molecule has 0 heterocycles. The third-order valence-corrected chi connectivity index (χ3v) is 4.09. The molecule has 0 radical (unpaired) electrons. The highest BCUT2D eigenvalue weighted by atomic mass is 16.5. The number of rotatable bonds is 9. The zero-order valence-corrected chi connectivity index (χ0v) is 12.7. The van der Waals surface area contributed by atoms with Gasteiger partial charge in [0.15, 0.2) is 0 Å². The second-order valence-corrected chi connectivity index (χ2v) is 5.93. The van der Waals surface area contributed by atoms with Crippen LogP contribution in [-0.4, -0.2) is 24.3 Å². The van der Waals surface area contributed by atoms with Crippen LogP contribution < -0.4 is 0 Å². The number of unbranched alkanes of at least 4 members (excludes halogenated alkanes) is 1. The van der Waals surface area contributed by atoms with Crippen LogP contribution in [0.1, 0.15) is 66.7 Å². The van der Waals surface area contributed by atoms with Gasteiger partial charge in [0, 0.05) is 5.41 Å². The van der Waals surface area contributed by atoms with E-state index >= 15 is 0 Å². The van der Waals surface area contributed by atoms with E-state index in [1.165, 1.54) is 0 Å². The van der Waals surface area contributed by atoms with E-state index in [-0.39, 0.29) is 18.0 Å². The average Bonchev–Trinajstić information content (AvgIpc) is 2.39. The van der Waals surface area contributed by atoms with E-state index in [0.29, 0.717) is 6.61 Å². The Kier molecular flexibility index (Phi) is 7.53. The first-order valence-corrected chi connectivity index (χ1v) is 7.15. The van der Waals surface area contributed by atoms with Gasteiger partial charge in [0.1, 0.15) is 0 Å². The number of carbonyl (C=O) groups excluding carboxylic acids is 1. The van der Waals surface area contributed by atoms with Crippen molar-refractivity contribution in [3.05, 3.63) is 0 Å². The van der Waals surface area contributed by atoms with Crippen molar-refractivity contribution in [2.24, 2.45) is 10.8 Å². The van der Waals surface area contributed by atoms with Crippen molar-refractivity contribution >= 4 is 5.97 Å². The Morgan fingerprint density at radius 3 is 2.17 bits per heavy atom. The minimum atomic E-state index is -0.431. The van der Waals surface area contributed by atoms with Gasteiger partial charge in [0.2, 0.25) is 0 Å². The van der Waals surface area contributed by atoms with E-state index in [9.17, 15) is 9.90 Å². The van der Waals surface area contributed by atoms with Crippen LogP contribution >= 0.6 is 0 Å². The summed E-state index contributed by atoms with van der Waals surface area (Å²) in [6, 6.07) is 0. The molecule has 1 N–H and O–H groups in total. The van der Waals surface area contributed by atoms with E-state index < -0.39 is 5.41 Å². The maximum atomic E-state index is 11.9. The first-order valence-electron chi connectivity index (χ1n) is 7.15. The largest absolute Gasteiger partial charge is 0.465 e. The van der Waals surface area contributed by atoms with Gasteiger partial charge in [0.05, 0.1) is 18.6 Å². The molecule has 0 aromatic heterocycles. The molecule has 0 bridgehead atoms. The standard InChI is InChI=1S/C15H30O3/c1-6-9-10-15(8-3,11-16)12-18-13(17)14(4,5)7-2/h16H,6-12H2,1-5H3. The van der Waals surface area contributed by atoms with Gasteiger partial charge in [-0.05, 0) is 33.1 Å². The lowest BCUT2D eigenvalue weighted by Crippen LogP contribution is -2.35. The quantitative estimate of drug-likeness (QED) is 0.643. The maximum Gasteiger partial charge on any atom is 0.311 e. The molecule has 18 heavy (non-hydrogen) atoms. The van der Waals surface area contributed by atoms with Crippen LogP contribution in [0.25, 0.3) is 0 Å². The Labute approximate surface area is 112 Å². The minimum absolute atomic E-state index is 0.0866. The molecule has 0 saturated heterocycles. The molecule has 0 aliphatic heterocycles. The average molecular weight is 258 g/mol. The molecule has 0 aliphatic carbocycles. The van der Waals surface area contributed by atoms with Crippen LogP contribution in [0, 0.1) is 10.8 Å². The fourth-order valence-corrected chi connectivity index (χ4v) is 1.70. The molecule has 0 saturated carbocycles. The molecule has 0 aromatic carbocycles. The SMILES string of the molecule is CCCCC(CC)(CO)COC(=O)C(C)(C)CC. The summed E-state index contributed by atoms with van der Waals surface area (Å²) in [5.41, 5.74) is -0.685. The summed E-state index contributed by atoms with van der Waals surface area (Å²) in [4.78, 5) is 11.9. The second-order valence-electron chi connectivity index (χ2n) is 5.93. The van der Waals surface area contributed by atoms with Crippen molar-refractivity contribution in [3.63, 3.8) is 0 Å². The monoisotopic (exact) mass is 258 g/mol. The van der Waals surface area contributed by atoms with Crippen molar-refractivity contribution in [1.29, 1.82) is 0 Å². The zero-order valence-electron chi connectivity index (χ0n) is 12.7. The maximum absolute atomic E-state index is 11.9. The van der Waals surface area contributed by atoms with Crippen molar-refractivity contribution in [2.75, 3.05) is 13.2 Å². The van der Waals surface area contributed by atoms with Crippen LogP contribution in [0.4, 0.5) is 0 Å². The van der Waals surface area contributed by atoms with E-state index in [0.717, 1.165) is 32.1 Å². The predicted molar refractivity (Wildman–Crippen MR) is 74.4 cm³/mol. The lowest BCUT2D eigenvalue weighted by molar-refractivity contribution is -0.159. The van der Waals surface area contributed by atoms with E-state index in [1.54, 1.807) is 0 Å². The first kappa shape index (κ1) is 17.4. The summed E-state index contributed by atoms with van der Waals surface area (Å²) in [5.74, 6) is -0.159. The lowest BCUT2D eigenvalue weighted by Gasteiger charge is -2.31. The fourth-order valence-electron chi connectivity index (χ4n) is 1.70. The van der Waals surface area contributed by atoms with Crippen molar-refractivity contribution in [1.82, 2.24) is 0 Å². The summed E-state index contributed by atoms with van der Waals surface area (Å²) >= 11 is 0. The van der Waals surface area contributed by atoms with Gasteiger partial charge in [-0.15, -0.1) is 0 Å². The van der Waals surface area contributed by atoms with Gasteiger partial charge in [-0.2, -0.15) is 0 Å². The Balaban J connectivity index is 4.48. The fraction of sp³-hybridized carbons (Fsp3) is 0.933. The van der Waals surface area contributed by atoms with Crippen LogP contribution in [0.5, 0.6) is 0 Å². The van der Waals surface area contributed by atoms with Crippen molar-refractivity contribution in [2.45, 2.75) is 66.7 Å². The topological polar surface area (TPSA) is 46.5 Å². The molecule has 3 nitrogen and oxygen atoms in total. The third-order valence-electron chi connectivity index (χ3n) is 4.09. The van der Waals surface area contributed by atoms with Crippen LogP contribution in [0.3, 0.4) is 0 Å². The number of hydrogen-bond acceptors (Lipinski definition) is 3. The molecule has 108 valence electrons. The van der Waals surface area contributed by atoms with Gasteiger partial charge >= 0.3 is 5.97 Å². The zero-order chi connectivity index (χ0) is 14.2. The highest BCUT2D eigenvalue weighted by molar-refractivity contribution is 5.75. The van der Waals surface area contributed by atoms with E-state index in [1.807, 2.05) is 27.7 Å². The summed E-state index contributed by atoms with van der Waals surface area (Å²) in [5, 5.41) is 9.58. The number of hydrogen-bond donors (Lipinski definition) is 1. The number of ether oxygens (including phenoxy) is 1. The van der Waals surface area contributed by atoms with Crippen molar-refractivity contribution < 1.29 is 14.6 Å². The summed E-state index contributed by atoms with van der Waals surface area (Å²) in [6.45, 7) is 10.4. The van der Waals surface area contributed by atoms with E-state index in [2.05, 4.69) is 6.92 Å². The molecule has 0 fully saturated rings. The molecule has 1 atom stereocenters. The minimum Gasteiger partial charge on any atom is -0.465 e. The van der Waals surface area contributed by atoms with Gasteiger partial charge in [-0.3, -0.25) is 4.79 Å². The number of esters is 1. The van der Waals surface area contributed by atoms with Gasteiger partial charge in [0.25, 0.3) is 0 Å².